The van der Waals surface area contributed by atoms with E-state index in [4.69, 9.17) is 29.2 Å². The van der Waals surface area contributed by atoms with E-state index in [-0.39, 0.29) is 26.4 Å². The van der Waals surface area contributed by atoms with Crippen LogP contribution in [0, 0.1) is 0 Å². The van der Waals surface area contributed by atoms with Gasteiger partial charge in [0, 0.05) is 0 Å². The van der Waals surface area contributed by atoms with Gasteiger partial charge in [-0.25, -0.2) is 0 Å². The molecule has 0 aromatic carbocycles. The third-order valence-corrected chi connectivity index (χ3v) is 1.92. The maximum absolute atomic E-state index is 8.77. The van der Waals surface area contributed by atoms with Crippen molar-refractivity contribution in [3.05, 3.63) is 0 Å². The fourth-order valence-corrected chi connectivity index (χ4v) is 1.25. The van der Waals surface area contributed by atoms with Crippen molar-refractivity contribution in [1.82, 2.24) is 0 Å². The van der Waals surface area contributed by atoms with Gasteiger partial charge in [-0.1, -0.05) is 0 Å². The Morgan fingerprint density at radius 1 is 1.00 bits per heavy atom. The van der Waals surface area contributed by atoms with Crippen LogP contribution in [0.4, 0.5) is 0 Å². The zero-order valence-corrected chi connectivity index (χ0v) is 7.01. The minimum absolute atomic E-state index is 0.141. The van der Waals surface area contributed by atoms with E-state index in [0.717, 1.165) is 0 Å². The molecule has 13 heavy (non-hydrogen) atoms. The minimum Gasteiger partial charge on any atom is -0.394 e. The molecule has 0 amide bonds. The van der Waals surface area contributed by atoms with Crippen molar-refractivity contribution in [2.24, 2.45) is 0 Å². The van der Waals surface area contributed by atoms with Crippen molar-refractivity contribution < 1.29 is 29.2 Å². The second-order valence-corrected chi connectivity index (χ2v) is 2.97. The average molecular weight is 192 g/mol. The van der Waals surface area contributed by atoms with Crippen LogP contribution < -0.4 is 0 Å². The molecule has 2 fully saturated rings. The van der Waals surface area contributed by atoms with Gasteiger partial charge in [-0.2, -0.15) is 0 Å². The first-order chi connectivity index (χ1) is 6.28. The highest BCUT2D eigenvalue weighted by atomic mass is 17.1. The summed E-state index contributed by atoms with van der Waals surface area (Å²) < 4.78 is 20.5. The van der Waals surface area contributed by atoms with E-state index in [1.54, 1.807) is 0 Å². The summed E-state index contributed by atoms with van der Waals surface area (Å²) in [7, 11) is 0. The van der Waals surface area contributed by atoms with Gasteiger partial charge in [-0.05, 0) is 0 Å². The smallest absolute Gasteiger partial charge is 0.394 e. The summed E-state index contributed by atoms with van der Waals surface area (Å²) in [4.78, 5) is 0. The largest absolute Gasteiger partial charge is 0.413 e. The number of hydrogen-bond donors (Lipinski definition) is 2. The van der Waals surface area contributed by atoms with Crippen molar-refractivity contribution in [2.45, 2.75) is 18.4 Å². The van der Waals surface area contributed by atoms with Crippen LogP contribution in [0.1, 0.15) is 0 Å². The molecule has 0 aromatic heterocycles. The molecule has 2 unspecified atom stereocenters. The average Bonchev–Trinajstić information content (AvgIpc) is 2.74. The Labute approximate surface area is 75.0 Å². The Hall–Kier alpha value is -0.240. The summed E-state index contributed by atoms with van der Waals surface area (Å²) in [6.07, 6.45) is -2.32. The van der Waals surface area contributed by atoms with Crippen LogP contribution in [0.2, 0.25) is 0 Å². The van der Waals surface area contributed by atoms with Crippen LogP contribution in [0.15, 0.2) is 0 Å². The first-order valence-electron chi connectivity index (χ1n) is 4.13. The van der Waals surface area contributed by atoms with E-state index in [9.17, 15) is 0 Å². The molecule has 6 heteroatoms. The van der Waals surface area contributed by atoms with Crippen LogP contribution in [0.25, 0.3) is 0 Å². The first kappa shape index (κ1) is 9.32. The Morgan fingerprint density at radius 2 is 1.46 bits per heavy atom. The van der Waals surface area contributed by atoms with E-state index in [2.05, 4.69) is 0 Å². The standard InChI is InChI=1S/C7H12O6/c8-1-5-3-10-7(12-5)11-4-6(2-9)13-7/h5-6,8-9H,1-4H2. The molecular weight excluding hydrogens is 180 g/mol. The van der Waals surface area contributed by atoms with Crippen LogP contribution in [-0.4, -0.2) is 55.0 Å². The maximum atomic E-state index is 8.77. The van der Waals surface area contributed by atoms with Gasteiger partial charge in [0.2, 0.25) is 0 Å². The topological polar surface area (TPSA) is 77.4 Å². The lowest BCUT2D eigenvalue weighted by molar-refractivity contribution is -0.432. The third kappa shape index (κ3) is 1.69. The molecule has 6 nitrogen and oxygen atoms in total. The normalized spacial score (nSPS) is 44.8. The Bertz CT molecular complexity index is 164. The van der Waals surface area contributed by atoms with Gasteiger partial charge in [-0.15, -0.1) is 0 Å². The van der Waals surface area contributed by atoms with Gasteiger partial charge >= 0.3 is 6.16 Å². The molecule has 76 valence electrons. The van der Waals surface area contributed by atoms with E-state index in [0.29, 0.717) is 0 Å². The molecule has 1 spiro atoms. The molecule has 0 bridgehead atoms. The zero-order valence-electron chi connectivity index (χ0n) is 7.01. The molecule has 2 atom stereocenters. The highest BCUT2D eigenvalue weighted by Crippen LogP contribution is 2.32. The second-order valence-electron chi connectivity index (χ2n) is 2.97. The molecule has 0 aliphatic carbocycles. The fourth-order valence-electron chi connectivity index (χ4n) is 1.25. The SMILES string of the molecule is OCC1COC2(OCC(CO)O2)O1. The highest BCUT2D eigenvalue weighted by molar-refractivity contribution is 4.71. The quantitative estimate of drug-likeness (QED) is 0.549. The summed E-state index contributed by atoms with van der Waals surface area (Å²) in [6.45, 7) is 0.180. The van der Waals surface area contributed by atoms with Gasteiger partial charge in [-0.3, -0.25) is 9.47 Å². The van der Waals surface area contributed by atoms with E-state index in [1.165, 1.54) is 0 Å². The predicted molar refractivity (Wildman–Crippen MR) is 38.6 cm³/mol. The van der Waals surface area contributed by atoms with Crippen LogP contribution in [-0.2, 0) is 18.9 Å². The monoisotopic (exact) mass is 192 g/mol. The number of hydrogen-bond acceptors (Lipinski definition) is 6. The molecule has 0 aromatic rings. The number of ether oxygens (including phenoxy) is 4. The van der Waals surface area contributed by atoms with Crippen molar-refractivity contribution in [3.63, 3.8) is 0 Å². The lowest BCUT2D eigenvalue weighted by atomic mass is 10.4. The molecule has 2 heterocycles. The second kappa shape index (κ2) is 3.49. The van der Waals surface area contributed by atoms with Gasteiger partial charge in [0.15, 0.2) is 0 Å². The Morgan fingerprint density at radius 3 is 1.77 bits per heavy atom. The van der Waals surface area contributed by atoms with Crippen LogP contribution >= 0.6 is 0 Å². The Kier molecular flexibility index (Phi) is 2.50. The molecule has 2 rings (SSSR count). The lowest BCUT2D eigenvalue weighted by Gasteiger charge is -2.19. The van der Waals surface area contributed by atoms with Crippen LogP contribution in [0.3, 0.4) is 0 Å². The van der Waals surface area contributed by atoms with E-state index < -0.39 is 18.4 Å². The number of aliphatic hydroxyl groups excluding tert-OH is 2. The summed E-state index contributed by atoms with van der Waals surface area (Å²) in [5.74, 6) is 0. The molecule has 2 N–H and O–H groups in total. The summed E-state index contributed by atoms with van der Waals surface area (Å²) >= 11 is 0. The molecule has 2 saturated heterocycles. The zero-order chi connectivity index (χ0) is 9.31. The first-order valence-corrected chi connectivity index (χ1v) is 4.13. The number of aliphatic hydroxyl groups is 2. The minimum atomic E-state index is -1.49. The van der Waals surface area contributed by atoms with Crippen molar-refractivity contribution in [2.75, 3.05) is 26.4 Å². The summed E-state index contributed by atoms with van der Waals surface area (Å²) in [6, 6.07) is 0. The lowest BCUT2D eigenvalue weighted by Crippen LogP contribution is -2.33. The summed E-state index contributed by atoms with van der Waals surface area (Å²) in [5.41, 5.74) is 0. The van der Waals surface area contributed by atoms with Gasteiger partial charge in [0.25, 0.3) is 0 Å². The van der Waals surface area contributed by atoms with Gasteiger partial charge < -0.3 is 19.7 Å². The molecule has 0 radical (unpaired) electrons. The van der Waals surface area contributed by atoms with E-state index in [1.807, 2.05) is 0 Å². The van der Waals surface area contributed by atoms with Gasteiger partial charge in [0.1, 0.15) is 12.2 Å². The summed E-state index contributed by atoms with van der Waals surface area (Å²) in [5, 5.41) is 17.5. The maximum Gasteiger partial charge on any atom is 0.413 e. The van der Waals surface area contributed by atoms with Gasteiger partial charge in [0.05, 0.1) is 26.4 Å². The van der Waals surface area contributed by atoms with E-state index >= 15 is 0 Å². The number of rotatable bonds is 2. The van der Waals surface area contributed by atoms with Crippen molar-refractivity contribution >= 4 is 0 Å². The third-order valence-electron chi connectivity index (χ3n) is 1.92. The molecular formula is C7H12O6. The highest BCUT2D eigenvalue weighted by Gasteiger charge is 2.51. The molecule has 0 saturated carbocycles. The molecule has 2 aliphatic rings. The Balaban J connectivity index is 1.93. The van der Waals surface area contributed by atoms with Crippen LogP contribution in [0.5, 0.6) is 0 Å². The molecule has 2 aliphatic heterocycles. The van der Waals surface area contributed by atoms with Crippen molar-refractivity contribution in [3.8, 4) is 0 Å². The fraction of sp³-hybridized carbons (Fsp3) is 1.00. The van der Waals surface area contributed by atoms with Crippen molar-refractivity contribution in [1.29, 1.82) is 0 Å². The predicted octanol–water partition coefficient (Wildman–Crippen LogP) is -1.59.